The largest absolute Gasteiger partial charge is 0.439 e. The van der Waals surface area contributed by atoms with E-state index < -0.39 is 0 Å². The molecule has 4 nitrogen and oxygen atoms in total. The summed E-state index contributed by atoms with van der Waals surface area (Å²) in [5.41, 5.74) is 8.91. The first kappa shape index (κ1) is 9.84. The molecule has 0 atom stereocenters. The molecule has 3 aromatic rings. The van der Waals surface area contributed by atoms with Gasteiger partial charge in [0.15, 0.2) is 11.2 Å². The van der Waals surface area contributed by atoms with Gasteiger partial charge in [0.2, 0.25) is 5.89 Å². The van der Waals surface area contributed by atoms with Gasteiger partial charge in [0.05, 0.1) is 0 Å². The number of aromatic nitrogens is 2. The molecule has 1 aromatic carbocycles. The zero-order valence-electron chi connectivity index (χ0n) is 9.13. The Bertz CT molecular complexity index is 627. The number of pyridine rings is 1. The highest BCUT2D eigenvalue weighted by Gasteiger charge is 2.06. The van der Waals surface area contributed by atoms with E-state index in [2.05, 4.69) is 9.97 Å². The predicted molar refractivity (Wildman–Crippen MR) is 65.5 cm³/mol. The fraction of sp³-hybridized carbons (Fsp3) is 0.0769. The Balaban J connectivity index is 1.94. The average Bonchev–Trinajstić information content (AvgIpc) is 2.71. The van der Waals surface area contributed by atoms with Gasteiger partial charge >= 0.3 is 0 Å². The number of nitrogen functional groups attached to an aromatic ring is 1. The first-order chi connectivity index (χ1) is 8.31. The fourth-order valence-corrected chi connectivity index (χ4v) is 1.77. The quantitative estimate of drug-likeness (QED) is 0.680. The molecule has 0 unspecified atom stereocenters. The molecule has 4 heteroatoms. The highest BCUT2D eigenvalue weighted by molar-refractivity contribution is 5.67. The number of hydrogen-bond acceptors (Lipinski definition) is 4. The van der Waals surface area contributed by atoms with E-state index in [9.17, 15) is 0 Å². The van der Waals surface area contributed by atoms with E-state index >= 15 is 0 Å². The lowest BCUT2D eigenvalue weighted by Gasteiger charge is -1.98. The van der Waals surface area contributed by atoms with Gasteiger partial charge in [0.25, 0.3) is 0 Å². The summed E-state index contributed by atoms with van der Waals surface area (Å²) in [5, 5.41) is 0. The third-order valence-electron chi connectivity index (χ3n) is 2.52. The minimum Gasteiger partial charge on any atom is -0.439 e. The molecule has 2 aromatic heterocycles. The summed E-state index contributed by atoms with van der Waals surface area (Å²) in [7, 11) is 0. The van der Waals surface area contributed by atoms with Gasteiger partial charge in [-0.15, -0.1) is 0 Å². The van der Waals surface area contributed by atoms with Crippen molar-refractivity contribution in [3.05, 3.63) is 54.0 Å². The van der Waals surface area contributed by atoms with Crippen LogP contribution in [0.2, 0.25) is 0 Å². The molecule has 3 rings (SSSR count). The molecule has 17 heavy (non-hydrogen) atoms. The number of nitrogens with two attached hydrogens (primary N) is 1. The summed E-state index contributed by atoms with van der Waals surface area (Å²) in [4.78, 5) is 8.45. The molecule has 0 bridgehead atoms. The molecule has 84 valence electrons. The number of oxazole rings is 1. The lowest BCUT2D eigenvalue weighted by Crippen LogP contribution is -1.90. The number of rotatable bonds is 2. The maximum Gasteiger partial charge on any atom is 0.201 e. The minimum absolute atomic E-state index is 0.626. The molecule has 0 aliphatic carbocycles. The molecule has 0 amide bonds. The van der Waals surface area contributed by atoms with Crippen molar-refractivity contribution in [1.29, 1.82) is 0 Å². The molecule has 0 saturated heterocycles. The van der Waals surface area contributed by atoms with Crippen molar-refractivity contribution in [3.63, 3.8) is 0 Å². The lowest BCUT2D eigenvalue weighted by atomic mass is 10.1. The van der Waals surface area contributed by atoms with Crippen LogP contribution in [0.15, 0.2) is 47.0 Å². The summed E-state index contributed by atoms with van der Waals surface area (Å²) < 4.78 is 5.60. The maximum atomic E-state index is 5.72. The second-order valence-electron chi connectivity index (χ2n) is 3.85. The Morgan fingerprint density at radius 3 is 2.94 bits per heavy atom. The molecular formula is C13H11N3O. The fourth-order valence-electron chi connectivity index (χ4n) is 1.77. The zero-order valence-corrected chi connectivity index (χ0v) is 9.13. The predicted octanol–water partition coefficient (Wildman–Crippen LogP) is 2.40. The molecule has 0 aliphatic rings. The van der Waals surface area contributed by atoms with Gasteiger partial charge in [-0.05, 0) is 29.8 Å². The average molecular weight is 225 g/mol. The van der Waals surface area contributed by atoms with Crippen molar-refractivity contribution >= 4 is 16.9 Å². The van der Waals surface area contributed by atoms with Gasteiger partial charge in [0.1, 0.15) is 0 Å². The molecule has 2 heterocycles. The second-order valence-corrected chi connectivity index (χ2v) is 3.85. The Hall–Kier alpha value is -2.36. The number of nitrogens with zero attached hydrogens (tertiary/aromatic N) is 2. The van der Waals surface area contributed by atoms with Crippen LogP contribution in [0.5, 0.6) is 0 Å². The van der Waals surface area contributed by atoms with Gasteiger partial charge in [-0.2, -0.15) is 4.98 Å². The van der Waals surface area contributed by atoms with E-state index in [1.807, 2.05) is 36.4 Å². The van der Waals surface area contributed by atoms with E-state index in [1.165, 1.54) is 0 Å². The van der Waals surface area contributed by atoms with Crippen LogP contribution in [0.3, 0.4) is 0 Å². The summed E-state index contributed by atoms with van der Waals surface area (Å²) in [5.74, 6) is 0.657. The van der Waals surface area contributed by atoms with Crippen LogP contribution < -0.4 is 5.73 Å². The Morgan fingerprint density at radius 1 is 1.18 bits per heavy atom. The van der Waals surface area contributed by atoms with Crippen molar-refractivity contribution in [3.8, 4) is 0 Å². The van der Waals surface area contributed by atoms with Crippen LogP contribution in [-0.4, -0.2) is 9.97 Å². The maximum absolute atomic E-state index is 5.72. The standard InChI is InChI=1S/C13H11N3O/c14-10-4-1-3-9(7-10)8-12-16-13-11(17-12)5-2-6-15-13/h1-7H,8,14H2. The van der Waals surface area contributed by atoms with Gasteiger partial charge in [-0.3, -0.25) is 0 Å². The van der Waals surface area contributed by atoms with Gasteiger partial charge in [-0.1, -0.05) is 12.1 Å². The third-order valence-corrected chi connectivity index (χ3v) is 2.52. The normalized spacial score (nSPS) is 10.8. The topological polar surface area (TPSA) is 64.9 Å². The Labute approximate surface area is 98.1 Å². The number of benzene rings is 1. The minimum atomic E-state index is 0.626. The summed E-state index contributed by atoms with van der Waals surface area (Å²) in [6, 6.07) is 11.4. The Morgan fingerprint density at radius 2 is 2.12 bits per heavy atom. The third kappa shape index (κ3) is 1.97. The lowest BCUT2D eigenvalue weighted by molar-refractivity contribution is 0.544. The SMILES string of the molecule is Nc1cccc(Cc2nc3ncccc3o2)c1. The van der Waals surface area contributed by atoms with E-state index in [0.717, 1.165) is 11.3 Å². The zero-order chi connectivity index (χ0) is 11.7. The van der Waals surface area contributed by atoms with Crippen molar-refractivity contribution in [2.45, 2.75) is 6.42 Å². The van der Waals surface area contributed by atoms with Gasteiger partial charge in [-0.25, -0.2) is 4.98 Å². The van der Waals surface area contributed by atoms with Crippen LogP contribution in [0.4, 0.5) is 5.69 Å². The summed E-state index contributed by atoms with van der Waals surface area (Å²) >= 11 is 0. The monoisotopic (exact) mass is 225 g/mol. The van der Waals surface area contributed by atoms with Gasteiger partial charge in [0, 0.05) is 18.3 Å². The van der Waals surface area contributed by atoms with E-state index in [-0.39, 0.29) is 0 Å². The smallest absolute Gasteiger partial charge is 0.201 e. The number of anilines is 1. The molecule has 0 saturated carbocycles. The van der Waals surface area contributed by atoms with E-state index in [0.29, 0.717) is 23.5 Å². The van der Waals surface area contributed by atoms with E-state index in [4.69, 9.17) is 10.2 Å². The molecular weight excluding hydrogens is 214 g/mol. The van der Waals surface area contributed by atoms with E-state index in [1.54, 1.807) is 6.20 Å². The summed E-state index contributed by atoms with van der Waals surface area (Å²) in [6.45, 7) is 0. The van der Waals surface area contributed by atoms with Crippen molar-refractivity contribution in [2.75, 3.05) is 5.73 Å². The molecule has 0 radical (unpaired) electrons. The van der Waals surface area contributed by atoms with Crippen molar-refractivity contribution in [1.82, 2.24) is 9.97 Å². The molecule has 0 spiro atoms. The second kappa shape index (κ2) is 3.90. The molecule has 0 fully saturated rings. The Kier molecular flexibility index (Phi) is 2.26. The van der Waals surface area contributed by atoms with Crippen molar-refractivity contribution < 1.29 is 4.42 Å². The first-order valence-electron chi connectivity index (χ1n) is 5.36. The van der Waals surface area contributed by atoms with Crippen LogP contribution in [0.1, 0.15) is 11.5 Å². The first-order valence-corrected chi connectivity index (χ1v) is 5.36. The number of hydrogen-bond donors (Lipinski definition) is 1. The highest BCUT2D eigenvalue weighted by atomic mass is 16.3. The highest BCUT2D eigenvalue weighted by Crippen LogP contribution is 2.16. The van der Waals surface area contributed by atoms with Gasteiger partial charge < -0.3 is 10.2 Å². The van der Waals surface area contributed by atoms with Crippen LogP contribution in [0, 0.1) is 0 Å². The van der Waals surface area contributed by atoms with Crippen LogP contribution in [0.25, 0.3) is 11.2 Å². The van der Waals surface area contributed by atoms with Crippen molar-refractivity contribution in [2.24, 2.45) is 0 Å². The molecule has 2 N–H and O–H groups in total. The molecule has 0 aliphatic heterocycles. The summed E-state index contributed by atoms with van der Waals surface area (Å²) in [6.07, 6.45) is 2.33. The number of fused-ring (bicyclic) bond motifs is 1. The van der Waals surface area contributed by atoms with Crippen LogP contribution in [-0.2, 0) is 6.42 Å². The van der Waals surface area contributed by atoms with Crippen LogP contribution >= 0.6 is 0 Å².